The molecule has 0 spiro atoms. The molecule has 3 N–H and O–H groups in total. The molecule has 108 valence electrons. The molecule has 0 saturated carbocycles. The number of hydrazine groups is 1. The van der Waals surface area contributed by atoms with Gasteiger partial charge in [0.15, 0.2) is 5.82 Å². The quantitative estimate of drug-likeness (QED) is 0.587. The Morgan fingerprint density at radius 1 is 1.30 bits per heavy atom. The van der Waals surface area contributed by atoms with Crippen molar-refractivity contribution in [2.24, 2.45) is 5.84 Å². The lowest BCUT2D eigenvalue weighted by Crippen LogP contribution is -2.40. The molecule has 1 aromatic rings. The Morgan fingerprint density at radius 2 is 2.10 bits per heavy atom. The summed E-state index contributed by atoms with van der Waals surface area (Å²) in [6.45, 7) is 1.58. The van der Waals surface area contributed by atoms with Gasteiger partial charge in [0.1, 0.15) is 5.69 Å². The monoisotopic (exact) mass is 276 g/mol. The van der Waals surface area contributed by atoms with Gasteiger partial charge in [-0.1, -0.05) is 0 Å². The third-order valence-electron chi connectivity index (χ3n) is 4.45. The van der Waals surface area contributed by atoms with Gasteiger partial charge in [-0.15, -0.1) is 0 Å². The van der Waals surface area contributed by atoms with Gasteiger partial charge < -0.3 is 10.3 Å². The van der Waals surface area contributed by atoms with Crippen LogP contribution >= 0.6 is 0 Å². The summed E-state index contributed by atoms with van der Waals surface area (Å²) in [5.41, 5.74) is 2.78. The molecule has 3 heterocycles. The SMILES string of the molecule is CN1C2CCC1CN(C(=O)c1cnc(NN)cn1)CC2. The number of nitrogens with one attached hydrogen (secondary N) is 1. The van der Waals surface area contributed by atoms with Gasteiger partial charge in [-0.05, 0) is 26.3 Å². The number of nitrogens with zero attached hydrogens (tertiary/aromatic N) is 4. The van der Waals surface area contributed by atoms with E-state index in [1.807, 2.05) is 4.90 Å². The fraction of sp³-hybridized carbons (Fsp3) is 0.615. The molecule has 2 aliphatic heterocycles. The van der Waals surface area contributed by atoms with Crippen LogP contribution in [0.3, 0.4) is 0 Å². The van der Waals surface area contributed by atoms with Crippen molar-refractivity contribution in [2.45, 2.75) is 31.3 Å². The van der Waals surface area contributed by atoms with Gasteiger partial charge in [-0.3, -0.25) is 9.69 Å². The summed E-state index contributed by atoms with van der Waals surface area (Å²) in [6.07, 6.45) is 6.41. The molecule has 2 fully saturated rings. The van der Waals surface area contributed by atoms with E-state index in [1.165, 1.54) is 25.2 Å². The second-order valence-electron chi connectivity index (χ2n) is 5.52. The first-order valence-electron chi connectivity index (χ1n) is 6.99. The number of amides is 1. The highest BCUT2D eigenvalue weighted by atomic mass is 16.2. The molecule has 2 bridgehead atoms. The van der Waals surface area contributed by atoms with E-state index in [0.717, 1.165) is 19.5 Å². The van der Waals surface area contributed by atoms with Crippen LogP contribution in [0.15, 0.2) is 12.4 Å². The van der Waals surface area contributed by atoms with Gasteiger partial charge in [0.05, 0.1) is 12.4 Å². The average Bonchev–Trinajstić information content (AvgIpc) is 2.72. The second kappa shape index (κ2) is 5.34. The van der Waals surface area contributed by atoms with E-state index in [1.54, 1.807) is 0 Å². The van der Waals surface area contributed by atoms with Crippen molar-refractivity contribution in [2.75, 3.05) is 25.6 Å². The Labute approximate surface area is 118 Å². The Kier molecular flexibility index (Phi) is 3.54. The lowest BCUT2D eigenvalue weighted by atomic mass is 10.1. The molecule has 0 aromatic carbocycles. The highest BCUT2D eigenvalue weighted by Crippen LogP contribution is 2.28. The lowest BCUT2D eigenvalue weighted by Gasteiger charge is -2.25. The van der Waals surface area contributed by atoms with Crippen LogP contribution in [0.2, 0.25) is 0 Å². The fourth-order valence-corrected chi connectivity index (χ4v) is 3.17. The standard InChI is InChI=1S/C13H20N6O/c1-18-9-2-3-10(18)8-19(5-4-9)13(20)11-6-16-12(17-14)7-15-11/h6-7,9-10H,2-5,8,14H2,1H3,(H,16,17). The van der Waals surface area contributed by atoms with Crippen molar-refractivity contribution in [3.63, 3.8) is 0 Å². The number of likely N-dealkylation sites (tertiary alicyclic amines) is 1. The minimum absolute atomic E-state index is 0.0398. The number of carbonyl (C=O) groups excluding carboxylic acids is 1. The number of aromatic nitrogens is 2. The maximum Gasteiger partial charge on any atom is 0.274 e. The number of carbonyl (C=O) groups is 1. The first-order chi connectivity index (χ1) is 9.69. The van der Waals surface area contributed by atoms with E-state index in [2.05, 4.69) is 27.3 Å². The summed E-state index contributed by atoms with van der Waals surface area (Å²) < 4.78 is 0. The molecule has 0 radical (unpaired) electrons. The molecule has 2 unspecified atom stereocenters. The highest BCUT2D eigenvalue weighted by molar-refractivity contribution is 5.92. The van der Waals surface area contributed by atoms with E-state index in [-0.39, 0.29) is 5.91 Å². The molecule has 7 heteroatoms. The molecule has 1 aromatic heterocycles. The number of rotatable bonds is 2. The third kappa shape index (κ3) is 2.34. The molecular weight excluding hydrogens is 256 g/mol. The topological polar surface area (TPSA) is 87.4 Å². The maximum atomic E-state index is 12.5. The summed E-state index contributed by atoms with van der Waals surface area (Å²) in [7, 11) is 2.16. The van der Waals surface area contributed by atoms with Crippen LogP contribution in [-0.4, -0.2) is 57.9 Å². The van der Waals surface area contributed by atoms with Crippen LogP contribution in [0.4, 0.5) is 5.82 Å². The first-order valence-corrected chi connectivity index (χ1v) is 6.99. The molecule has 1 amide bonds. The first kappa shape index (κ1) is 13.3. The number of fused-ring (bicyclic) bond motifs is 2. The summed E-state index contributed by atoms with van der Waals surface area (Å²) in [6, 6.07) is 1.09. The van der Waals surface area contributed by atoms with Crippen molar-refractivity contribution in [3.05, 3.63) is 18.1 Å². The zero-order valence-corrected chi connectivity index (χ0v) is 11.6. The van der Waals surface area contributed by atoms with Crippen LogP contribution in [-0.2, 0) is 0 Å². The molecule has 0 aliphatic carbocycles. The van der Waals surface area contributed by atoms with E-state index in [0.29, 0.717) is 23.6 Å². The maximum absolute atomic E-state index is 12.5. The zero-order valence-electron chi connectivity index (χ0n) is 11.6. The van der Waals surface area contributed by atoms with Crippen molar-refractivity contribution >= 4 is 11.7 Å². The minimum Gasteiger partial charge on any atom is -0.336 e. The Hall–Kier alpha value is -1.73. The molecule has 2 atom stereocenters. The number of hydrogen-bond acceptors (Lipinski definition) is 6. The Morgan fingerprint density at radius 3 is 2.80 bits per heavy atom. The van der Waals surface area contributed by atoms with E-state index >= 15 is 0 Å². The fourth-order valence-electron chi connectivity index (χ4n) is 3.17. The van der Waals surface area contributed by atoms with Crippen molar-refractivity contribution in [1.29, 1.82) is 0 Å². The Bertz CT molecular complexity index is 490. The van der Waals surface area contributed by atoms with Gasteiger partial charge in [0.2, 0.25) is 0 Å². The highest BCUT2D eigenvalue weighted by Gasteiger charge is 2.36. The van der Waals surface area contributed by atoms with Crippen LogP contribution in [0, 0.1) is 0 Å². The number of likely N-dealkylation sites (N-methyl/N-ethyl adjacent to an activating group) is 1. The predicted molar refractivity (Wildman–Crippen MR) is 74.9 cm³/mol. The third-order valence-corrected chi connectivity index (χ3v) is 4.45. The normalized spacial score (nSPS) is 26.4. The number of hydrogen-bond donors (Lipinski definition) is 2. The molecular formula is C13H20N6O. The minimum atomic E-state index is -0.0398. The average molecular weight is 276 g/mol. The molecule has 2 saturated heterocycles. The van der Waals surface area contributed by atoms with E-state index in [4.69, 9.17) is 5.84 Å². The number of nitrogens with two attached hydrogens (primary N) is 1. The van der Waals surface area contributed by atoms with Crippen molar-refractivity contribution < 1.29 is 4.79 Å². The lowest BCUT2D eigenvalue weighted by molar-refractivity contribution is 0.0734. The van der Waals surface area contributed by atoms with Crippen LogP contribution < -0.4 is 11.3 Å². The molecule has 20 heavy (non-hydrogen) atoms. The van der Waals surface area contributed by atoms with Gasteiger partial charge in [0, 0.05) is 25.2 Å². The summed E-state index contributed by atoms with van der Waals surface area (Å²) >= 11 is 0. The number of anilines is 1. The van der Waals surface area contributed by atoms with Crippen molar-refractivity contribution in [1.82, 2.24) is 19.8 Å². The molecule has 7 nitrogen and oxygen atoms in total. The molecule has 3 rings (SSSR count). The predicted octanol–water partition coefficient (Wildman–Crippen LogP) is 0.0709. The van der Waals surface area contributed by atoms with Crippen molar-refractivity contribution in [3.8, 4) is 0 Å². The van der Waals surface area contributed by atoms with Gasteiger partial charge in [-0.2, -0.15) is 0 Å². The van der Waals surface area contributed by atoms with Gasteiger partial charge >= 0.3 is 0 Å². The summed E-state index contributed by atoms with van der Waals surface area (Å²) in [5, 5.41) is 0. The smallest absolute Gasteiger partial charge is 0.274 e. The van der Waals surface area contributed by atoms with Crippen LogP contribution in [0.1, 0.15) is 29.8 Å². The Balaban J connectivity index is 1.73. The van der Waals surface area contributed by atoms with Gasteiger partial charge in [0.25, 0.3) is 5.91 Å². The van der Waals surface area contributed by atoms with Crippen LogP contribution in [0.5, 0.6) is 0 Å². The summed E-state index contributed by atoms with van der Waals surface area (Å²) in [4.78, 5) is 25.0. The van der Waals surface area contributed by atoms with E-state index < -0.39 is 0 Å². The summed E-state index contributed by atoms with van der Waals surface area (Å²) in [5.74, 6) is 5.66. The molecule has 2 aliphatic rings. The largest absolute Gasteiger partial charge is 0.336 e. The zero-order chi connectivity index (χ0) is 14.1. The number of nitrogen functional groups attached to an aromatic ring is 1. The van der Waals surface area contributed by atoms with Gasteiger partial charge in [-0.25, -0.2) is 15.8 Å². The van der Waals surface area contributed by atoms with E-state index in [9.17, 15) is 4.79 Å². The second-order valence-corrected chi connectivity index (χ2v) is 5.52. The van der Waals surface area contributed by atoms with Crippen LogP contribution in [0.25, 0.3) is 0 Å².